The number of fused-ring (bicyclic) bond motifs is 1. The topological polar surface area (TPSA) is 58.4 Å². The van der Waals surface area contributed by atoms with E-state index >= 15 is 0 Å². The van der Waals surface area contributed by atoms with Gasteiger partial charge in [0, 0.05) is 24.7 Å². The van der Waals surface area contributed by atoms with Gasteiger partial charge in [0.05, 0.1) is 18.6 Å². The van der Waals surface area contributed by atoms with Gasteiger partial charge in [-0.25, -0.2) is 9.78 Å². The van der Waals surface area contributed by atoms with Gasteiger partial charge in [-0.3, -0.25) is 0 Å². The molecule has 2 heterocycles. The quantitative estimate of drug-likeness (QED) is 0.762. The van der Waals surface area contributed by atoms with Gasteiger partial charge in [-0.2, -0.15) is 0 Å². The number of aromatic nitrogens is 2. The van der Waals surface area contributed by atoms with Crippen molar-refractivity contribution in [3.05, 3.63) is 17.7 Å². The highest BCUT2D eigenvalue weighted by molar-refractivity contribution is 5.65. The highest BCUT2D eigenvalue weighted by Crippen LogP contribution is 2.20. The first kappa shape index (κ1) is 10.0. The molecule has 0 radical (unpaired) electrons. The molecule has 0 aliphatic carbocycles. The molecule has 82 valence electrons. The van der Waals surface area contributed by atoms with Crippen LogP contribution in [0.25, 0.3) is 0 Å². The number of carbonyl (C=O) groups is 1. The standard InChI is InChI=1S/C10H15N3O2/c1-7(2)13-6-11-8-5-12(10(14)15)4-3-9(8)13/h6-7H,3-5H2,1-2H3,(H,14,15). The van der Waals surface area contributed by atoms with E-state index in [0.717, 1.165) is 12.1 Å². The van der Waals surface area contributed by atoms with Crippen LogP contribution in [-0.4, -0.2) is 32.2 Å². The van der Waals surface area contributed by atoms with Crippen LogP contribution >= 0.6 is 0 Å². The third-order valence-corrected chi connectivity index (χ3v) is 2.77. The Morgan fingerprint density at radius 3 is 2.93 bits per heavy atom. The maximum atomic E-state index is 10.8. The number of hydrogen-bond acceptors (Lipinski definition) is 2. The molecule has 15 heavy (non-hydrogen) atoms. The van der Waals surface area contributed by atoms with Gasteiger partial charge in [-0.15, -0.1) is 0 Å². The lowest BCUT2D eigenvalue weighted by atomic mass is 10.1. The van der Waals surface area contributed by atoms with E-state index in [0.29, 0.717) is 19.1 Å². The van der Waals surface area contributed by atoms with E-state index in [9.17, 15) is 4.79 Å². The van der Waals surface area contributed by atoms with Crippen LogP contribution in [0.5, 0.6) is 0 Å². The fourth-order valence-corrected chi connectivity index (χ4v) is 1.94. The van der Waals surface area contributed by atoms with Crippen LogP contribution in [-0.2, 0) is 13.0 Å². The lowest BCUT2D eigenvalue weighted by Gasteiger charge is -2.25. The molecule has 1 aliphatic heterocycles. The summed E-state index contributed by atoms with van der Waals surface area (Å²) in [4.78, 5) is 16.5. The fourth-order valence-electron chi connectivity index (χ4n) is 1.94. The van der Waals surface area contributed by atoms with E-state index in [1.54, 1.807) is 6.33 Å². The number of hydrogen-bond donors (Lipinski definition) is 1. The Bertz CT molecular complexity index is 384. The van der Waals surface area contributed by atoms with Crippen LogP contribution in [0, 0.1) is 0 Å². The van der Waals surface area contributed by atoms with Gasteiger partial charge in [0.2, 0.25) is 0 Å². The van der Waals surface area contributed by atoms with Gasteiger partial charge in [-0.05, 0) is 13.8 Å². The molecule has 0 aromatic carbocycles. The molecule has 5 nitrogen and oxygen atoms in total. The van der Waals surface area contributed by atoms with Gasteiger partial charge in [0.15, 0.2) is 0 Å². The Hall–Kier alpha value is -1.52. The number of amides is 1. The minimum absolute atomic E-state index is 0.387. The van der Waals surface area contributed by atoms with Crippen molar-refractivity contribution < 1.29 is 9.90 Å². The van der Waals surface area contributed by atoms with E-state index in [2.05, 4.69) is 23.4 Å². The molecular formula is C10H15N3O2. The molecule has 0 atom stereocenters. The molecule has 2 rings (SSSR count). The number of carboxylic acid groups (broad SMARTS) is 1. The summed E-state index contributed by atoms with van der Waals surface area (Å²) < 4.78 is 2.12. The molecule has 5 heteroatoms. The maximum absolute atomic E-state index is 10.8. The molecule has 1 aromatic heterocycles. The zero-order valence-corrected chi connectivity index (χ0v) is 8.97. The van der Waals surface area contributed by atoms with Crippen LogP contribution in [0.2, 0.25) is 0 Å². The Balaban J connectivity index is 2.26. The average molecular weight is 209 g/mol. The highest BCUT2D eigenvalue weighted by Gasteiger charge is 2.24. The zero-order chi connectivity index (χ0) is 11.0. The third kappa shape index (κ3) is 1.69. The second-order valence-electron chi connectivity index (χ2n) is 4.09. The maximum Gasteiger partial charge on any atom is 0.407 e. The Morgan fingerprint density at radius 2 is 2.33 bits per heavy atom. The SMILES string of the molecule is CC(C)n1cnc2c1CCN(C(=O)O)C2. The molecule has 0 saturated carbocycles. The van der Waals surface area contributed by atoms with E-state index in [4.69, 9.17) is 5.11 Å². The van der Waals surface area contributed by atoms with Gasteiger partial charge in [-0.1, -0.05) is 0 Å². The molecule has 1 amide bonds. The van der Waals surface area contributed by atoms with Crippen LogP contribution in [0.3, 0.4) is 0 Å². The lowest BCUT2D eigenvalue weighted by Crippen LogP contribution is -2.35. The van der Waals surface area contributed by atoms with Crippen molar-refractivity contribution in [2.45, 2.75) is 32.9 Å². The van der Waals surface area contributed by atoms with Crippen LogP contribution < -0.4 is 0 Å². The van der Waals surface area contributed by atoms with Crippen LogP contribution in [0.4, 0.5) is 4.79 Å². The summed E-state index contributed by atoms with van der Waals surface area (Å²) in [6, 6.07) is 0.387. The second kappa shape index (κ2) is 3.56. The average Bonchev–Trinajstić information content (AvgIpc) is 2.59. The summed E-state index contributed by atoms with van der Waals surface area (Å²) in [5.41, 5.74) is 2.08. The first-order valence-corrected chi connectivity index (χ1v) is 5.12. The van der Waals surface area contributed by atoms with Gasteiger partial charge in [0.25, 0.3) is 0 Å². The molecule has 0 unspecified atom stereocenters. The molecular weight excluding hydrogens is 194 g/mol. The summed E-state index contributed by atoms with van der Waals surface area (Å²) in [5, 5.41) is 8.87. The highest BCUT2D eigenvalue weighted by atomic mass is 16.4. The summed E-state index contributed by atoms with van der Waals surface area (Å²) in [7, 11) is 0. The molecule has 0 bridgehead atoms. The molecule has 1 aliphatic rings. The molecule has 0 spiro atoms. The summed E-state index contributed by atoms with van der Waals surface area (Å²) in [5.74, 6) is 0. The predicted molar refractivity (Wildman–Crippen MR) is 54.8 cm³/mol. The predicted octanol–water partition coefficient (Wildman–Crippen LogP) is 1.50. The number of nitrogens with zero attached hydrogens (tertiary/aromatic N) is 3. The number of rotatable bonds is 1. The Kier molecular flexibility index (Phi) is 2.38. The van der Waals surface area contributed by atoms with Crippen LogP contribution in [0.15, 0.2) is 6.33 Å². The third-order valence-electron chi connectivity index (χ3n) is 2.77. The van der Waals surface area contributed by atoms with Crippen molar-refractivity contribution in [3.63, 3.8) is 0 Å². The monoisotopic (exact) mass is 209 g/mol. The van der Waals surface area contributed by atoms with E-state index in [1.165, 1.54) is 10.6 Å². The minimum Gasteiger partial charge on any atom is -0.465 e. The summed E-state index contributed by atoms with van der Waals surface area (Å²) in [6.45, 7) is 5.20. The van der Waals surface area contributed by atoms with Gasteiger partial charge in [0.1, 0.15) is 0 Å². The fraction of sp³-hybridized carbons (Fsp3) is 0.600. The number of imidazole rings is 1. The van der Waals surface area contributed by atoms with Gasteiger partial charge >= 0.3 is 6.09 Å². The zero-order valence-electron chi connectivity index (χ0n) is 8.97. The Morgan fingerprint density at radius 1 is 1.60 bits per heavy atom. The minimum atomic E-state index is -0.861. The van der Waals surface area contributed by atoms with Crippen molar-refractivity contribution in [1.29, 1.82) is 0 Å². The molecule has 1 aromatic rings. The molecule has 0 saturated heterocycles. The molecule has 0 fully saturated rings. The first-order valence-electron chi connectivity index (χ1n) is 5.12. The first-order chi connectivity index (χ1) is 7.09. The normalized spacial score (nSPS) is 15.5. The van der Waals surface area contributed by atoms with Crippen molar-refractivity contribution in [2.75, 3.05) is 6.54 Å². The van der Waals surface area contributed by atoms with E-state index < -0.39 is 6.09 Å². The van der Waals surface area contributed by atoms with Crippen molar-refractivity contribution in [1.82, 2.24) is 14.5 Å². The van der Waals surface area contributed by atoms with Gasteiger partial charge < -0.3 is 14.6 Å². The summed E-state index contributed by atoms with van der Waals surface area (Å²) in [6.07, 6.45) is 1.71. The smallest absolute Gasteiger partial charge is 0.407 e. The van der Waals surface area contributed by atoms with Crippen molar-refractivity contribution in [2.24, 2.45) is 0 Å². The largest absolute Gasteiger partial charge is 0.465 e. The second-order valence-corrected chi connectivity index (χ2v) is 4.09. The Labute approximate surface area is 88.3 Å². The van der Waals surface area contributed by atoms with E-state index in [-0.39, 0.29) is 0 Å². The molecule has 1 N–H and O–H groups in total. The van der Waals surface area contributed by atoms with Crippen LogP contribution in [0.1, 0.15) is 31.3 Å². The summed E-state index contributed by atoms with van der Waals surface area (Å²) >= 11 is 0. The van der Waals surface area contributed by atoms with Crippen molar-refractivity contribution in [3.8, 4) is 0 Å². The lowest BCUT2D eigenvalue weighted by molar-refractivity contribution is 0.138. The van der Waals surface area contributed by atoms with E-state index in [1.807, 2.05) is 0 Å². The van der Waals surface area contributed by atoms with Crippen molar-refractivity contribution >= 4 is 6.09 Å².